The first kappa shape index (κ1) is 13.4. The Kier molecular flexibility index (Phi) is 3.21. The average molecular weight is 286 g/mol. The van der Waals surface area contributed by atoms with Crippen LogP contribution in [0.3, 0.4) is 0 Å². The van der Waals surface area contributed by atoms with Gasteiger partial charge in [0.1, 0.15) is 12.0 Å². The van der Waals surface area contributed by atoms with E-state index in [9.17, 15) is 9.59 Å². The van der Waals surface area contributed by atoms with Crippen molar-refractivity contribution in [3.8, 4) is 11.3 Å². The van der Waals surface area contributed by atoms with Gasteiger partial charge in [-0.3, -0.25) is 9.59 Å². The minimum Gasteiger partial charge on any atom is -0.481 e. The van der Waals surface area contributed by atoms with Gasteiger partial charge in [0.15, 0.2) is 5.89 Å². The fourth-order valence-electron chi connectivity index (χ4n) is 2.21. The molecule has 1 aromatic carbocycles. The molecule has 1 aliphatic carbocycles. The molecule has 3 rings (SSSR count). The summed E-state index contributed by atoms with van der Waals surface area (Å²) < 4.78 is 5.15. The lowest BCUT2D eigenvalue weighted by atomic mass is 10.1. The number of hydrogen-bond acceptors (Lipinski definition) is 4. The highest BCUT2D eigenvalue weighted by molar-refractivity contribution is 5.98. The van der Waals surface area contributed by atoms with Crippen LogP contribution in [0, 0.1) is 18.8 Å². The van der Waals surface area contributed by atoms with Gasteiger partial charge < -0.3 is 14.8 Å². The fourth-order valence-corrected chi connectivity index (χ4v) is 2.21. The van der Waals surface area contributed by atoms with Crippen LogP contribution in [0.4, 0.5) is 5.69 Å². The van der Waals surface area contributed by atoms with Gasteiger partial charge in [-0.25, -0.2) is 4.98 Å². The molecule has 1 heterocycles. The molecule has 21 heavy (non-hydrogen) atoms. The number of aliphatic carboxylic acids is 1. The largest absolute Gasteiger partial charge is 0.481 e. The number of rotatable bonds is 4. The van der Waals surface area contributed by atoms with Gasteiger partial charge in [-0.2, -0.15) is 0 Å². The highest BCUT2D eigenvalue weighted by Gasteiger charge is 2.48. The van der Waals surface area contributed by atoms with E-state index in [1.807, 2.05) is 12.1 Å². The molecule has 1 aromatic heterocycles. The lowest BCUT2D eigenvalue weighted by molar-refractivity contribution is -0.139. The van der Waals surface area contributed by atoms with E-state index in [2.05, 4.69) is 10.3 Å². The molecule has 0 bridgehead atoms. The average Bonchev–Trinajstić information content (AvgIpc) is 3.16. The van der Waals surface area contributed by atoms with E-state index in [1.54, 1.807) is 25.3 Å². The number of oxazole rings is 1. The van der Waals surface area contributed by atoms with E-state index in [0.717, 1.165) is 11.3 Å². The third-order valence-corrected chi connectivity index (χ3v) is 3.51. The van der Waals surface area contributed by atoms with Crippen molar-refractivity contribution in [2.75, 3.05) is 5.32 Å². The molecule has 0 radical (unpaired) electrons. The predicted molar refractivity (Wildman–Crippen MR) is 74.5 cm³/mol. The van der Waals surface area contributed by atoms with Crippen LogP contribution in [0.25, 0.3) is 11.3 Å². The molecule has 1 fully saturated rings. The van der Waals surface area contributed by atoms with Gasteiger partial charge in [-0.1, -0.05) is 12.1 Å². The maximum Gasteiger partial charge on any atom is 0.307 e. The molecule has 2 atom stereocenters. The first-order chi connectivity index (χ1) is 10.0. The number of nitrogens with zero attached hydrogens (tertiary/aromatic N) is 1. The molecule has 6 heteroatoms. The number of hydrogen-bond donors (Lipinski definition) is 2. The summed E-state index contributed by atoms with van der Waals surface area (Å²) in [5, 5.41) is 11.5. The zero-order valence-corrected chi connectivity index (χ0v) is 11.4. The summed E-state index contributed by atoms with van der Waals surface area (Å²) in [5.41, 5.74) is 2.26. The third-order valence-electron chi connectivity index (χ3n) is 3.51. The van der Waals surface area contributed by atoms with Gasteiger partial charge >= 0.3 is 5.97 Å². The number of carboxylic acid groups (broad SMARTS) is 1. The minimum atomic E-state index is -0.910. The molecule has 0 unspecified atom stereocenters. The van der Waals surface area contributed by atoms with Crippen molar-refractivity contribution in [3.63, 3.8) is 0 Å². The maximum absolute atomic E-state index is 11.8. The number of aryl methyl sites for hydroxylation is 1. The number of aromatic nitrogens is 1. The number of benzene rings is 1. The van der Waals surface area contributed by atoms with E-state index in [1.165, 1.54) is 0 Å². The van der Waals surface area contributed by atoms with Crippen LogP contribution in [0.5, 0.6) is 0 Å². The normalized spacial score (nSPS) is 20.0. The van der Waals surface area contributed by atoms with Gasteiger partial charge in [-0.15, -0.1) is 0 Å². The Morgan fingerprint density at radius 2 is 2.00 bits per heavy atom. The number of anilines is 1. The van der Waals surface area contributed by atoms with E-state index in [-0.39, 0.29) is 5.91 Å². The van der Waals surface area contributed by atoms with Crippen LogP contribution < -0.4 is 5.32 Å². The fraction of sp³-hybridized carbons (Fsp3) is 0.267. The predicted octanol–water partition coefficient (Wildman–Crippen LogP) is 2.31. The first-order valence-corrected chi connectivity index (χ1v) is 6.61. The summed E-state index contributed by atoms with van der Waals surface area (Å²) >= 11 is 0. The monoisotopic (exact) mass is 286 g/mol. The summed E-state index contributed by atoms with van der Waals surface area (Å²) in [5.74, 6) is -1.52. The van der Waals surface area contributed by atoms with E-state index >= 15 is 0 Å². The van der Waals surface area contributed by atoms with Crippen molar-refractivity contribution in [3.05, 3.63) is 36.4 Å². The van der Waals surface area contributed by atoms with Crippen molar-refractivity contribution in [2.45, 2.75) is 13.3 Å². The Labute approximate surface area is 120 Å². The summed E-state index contributed by atoms with van der Waals surface area (Å²) in [6.07, 6.45) is 1.99. The van der Waals surface area contributed by atoms with Crippen LogP contribution in [0.2, 0.25) is 0 Å². The lowest BCUT2D eigenvalue weighted by Crippen LogP contribution is -2.16. The molecule has 0 saturated heterocycles. The summed E-state index contributed by atoms with van der Waals surface area (Å²) in [6.45, 7) is 1.77. The SMILES string of the molecule is Cc1nc(-c2ccc(NC(=O)[C@@H]3C[C@@H]3C(=O)O)cc2)co1. The molecule has 6 nitrogen and oxygen atoms in total. The van der Waals surface area contributed by atoms with Crippen LogP contribution in [-0.4, -0.2) is 22.0 Å². The van der Waals surface area contributed by atoms with E-state index < -0.39 is 17.8 Å². The molecule has 108 valence electrons. The molecular formula is C15H14N2O4. The van der Waals surface area contributed by atoms with Gasteiger partial charge in [0, 0.05) is 18.2 Å². The first-order valence-electron chi connectivity index (χ1n) is 6.61. The van der Waals surface area contributed by atoms with Crippen molar-refractivity contribution in [2.24, 2.45) is 11.8 Å². The Hall–Kier alpha value is -2.63. The van der Waals surface area contributed by atoms with Crippen LogP contribution in [0.15, 0.2) is 34.9 Å². The van der Waals surface area contributed by atoms with Gasteiger partial charge in [0.05, 0.1) is 11.8 Å². The Morgan fingerprint density at radius 1 is 1.29 bits per heavy atom. The molecule has 1 saturated carbocycles. The summed E-state index contributed by atoms with van der Waals surface area (Å²) in [4.78, 5) is 26.8. The molecule has 1 aliphatic rings. The zero-order chi connectivity index (χ0) is 15.0. The lowest BCUT2D eigenvalue weighted by Gasteiger charge is -2.05. The molecule has 2 N–H and O–H groups in total. The number of carbonyl (C=O) groups excluding carboxylic acids is 1. The number of amides is 1. The Morgan fingerprint density at radius 3 is 2.52 bits per heavy atom. The Bertz CT molecular complexity index is 690. The number of carboxylic acids is 1. The second kappa shape index (κ2) is 5.05. The molecule has 1 amide bonds. The van der Waals surface area contributed by atoms with Crippen molar-refractivity contribution < 1.29 is 19.1 Å². The van der Waals surface area contributed by atoms with Gasteiger partial charge in [0.2, 0.25) is 5.91 Å². The second-order valence-electron chi connectivity index (χ2n) is 5.11. The zero-order valence-electron chi connectivity index (χ0n) is 11.4. The van der Waals surface area contributed by atoms with E-state index in [4.69, 9.17) is 9.52 Å². The number of carbonyl (C=O) groups is 2. The molecular weight excluding hydrogens is 272 g/mol. The van der Waals surface area contributed by atoms with Crippen LogP contribution in [-0.2, 0) is 9.59 Å². The maximum atomic E-state index is 11.8. The van der Waals surface area contributed by atoms with Gasteiger partial charge in [-0.05, 0) is 18.6 Å². The smallest absolute Gasteiger partial charge is 0.307 e. The molecule has 0 aliphatic heterocycles. The van der Waals surface area contributed by atoms with E-state index in [0.29, 0.717) is 18.0 Å². The summed E-state index contributed by atoms with van der Waals surface area (Å²) in [7, 11) is 0. The summed E-state index contributed by atoms with van der Waals surface area (Å²) in [6, 6.07) is 7.17. The minimum absolute atomic E-state index is 0.243. The topological polar surface area (TPSA) is 92.4 Å². The van der Waals surface area contributed by atoms with Crippen LogP contribution >= 0.6 is 0 Å². The molecule has 0 spiro atoms. The third kappa shape index (κ3) is 2.79. The molecule has 2 aromatic rings. The highest BCUT2D eigenvalue weighted by Crippen LogP contribution is 2.39. The quantitative estimate of drug-likeness (QED) is 0.899. The van der Waals surface area contributed by atoms with Crippen molar-refractivity contribution in [1.82, 2.24) is 4.98 Å². The van der Waals surface area contributed by atoms with Crippen LogP contribution in [0.1, 0.15) is 12.3 Å². The Balaban J connectivity index is 1.65. The standard InChI is InChI=1S/C15H14N2O4/c1-8-16-13(7-21-8)9-2-4-10(5-3-9)17-14(18)11-6-12(11)15(19)20/h2-5,7,11-12H,6H2,1H3,(H,17,18)(H,19,20)/t11-,12+/m1/s1. The van der Waals surface area contributed by atoms with Crippen molar-refractivity contribution >= 4 is 17.6 Å². The second-order valence-corrected chi connectivity index (χ2v) is 5.11. The van der Waals surface area contributed by atoms with Crippen molar-refractivity contribution in [1.29, 1.82) is 0 Å². The highest BCUT2D eigenvalue weighted by atomic mass is 16.4. The number of nitrogens with one attached hydrogen (secondary N) is 1. The van der Waals surface area contributed by atoms with Gasteiger partial charge in [0.25, 0.3) is 0 Å².